The number of hydrogen-bond acceptors (Lipinski definition) is 3. The highest BCUT2D eigenvalue weighted by molar-refractivity contribution is 6.03. The van der Waals surface area contributed by atoms with Crippen LogP contribution in [0, 0.1) is 5.92 Å². The van der Waals surface area contributed by atoms with Gasteiger partial charge in [0.2, 0.25) is 5.91 Å². The van der Waals surface area contributed by atoms with Crippen LogP contribution >= 0.6 is 0 Å². The van der Waals surface area contributed by atoms with E-state index in [1.807, 2.05) is 18.2 Å². The Morgan fingerprint density at radius 3 is 3.06 bits per heavy atom. The monoisotopic (exact) mass is 246 g/mol. The van der Waals surface area contributed by atoms with E-state index in [1.54, 1.807) is 7.11 Å². The maximum absolute atomic E-state index is 12.1. The normalized spacial score (nSPS) is 26.1. The second kappa shape index (κ2) is 4.19. The zero-order valence-electron chi connectivity index (χ0n) is 10.8. The number of amides is 1. The van der Waals surface area contributed by atoms with Crippen LogP contribution in [0.1, 0.15) is 19.8 Å². The van der Waals surface area contributed by atoms with Crippen LogP contribution < -0.4 is 15.0 Å². The smallest absolute Gasteiger partial charge is 0.247 e. The molecule has 1 N–H and O–H groups in total. The molecule has 2 unspecified atom stereocenters. The molecular weight excluding hydrogens is 228 g/mol. The van der Waals surface area contributed by atoms with Gasteiger partial charge in [-0.2, -0.15) is 0 Å². The minimum absolute atomic E-state index is 0.0200. The lowest BCUT2D eigenvalue weighted by atomic mass is 9.90. The summed E-state index contributed by atoms with van der Waals surface area (Å²) in [6.45, 7) is 3.16. The fourth-order valence-electron chi connectivity index (χ4n) is 2.88. The van der Waals surface area contributed by atoms with Crippen LogP contribution in [0.5, 0.6) is 5.75 Å². The summed E-state index contributed by atoms with van der Waals surface area (Å²) in [6.07, 6.45) is 2.07. The molecule has 0 bridgehead atoms. The molecule has 96 valence electrons. The van der Waals surface area contributed by atoms with Crippen LogP contribution in [0.25, 0.3) is 0 Å². The van der Waals surface area contributed by atoms with Crippen molar-refractivity contribution in [3.63, 3.8) is 0 Å². The lowest BCUT2D eigenvalue weighted by Crippen LogP contribution is -2.52. The van der Waals surface area contributed by atoms with Crippen LogP contribution in [-0.4, -0.2) is 25.6 Å². The predicted octanol–water partition coefficient (Wildman–Crippen LogP) is 2.25. The molecule has 1 amide bonds. The van der Waals surface area contributed by atoms with Crippen molar-refractivity contribution in [2.75, 3.05) is 23.9 Å². The third-order valence-electron chi connectivity index (χ3n) is 3.94. The summed E-state index contributed by atoms with van der Waals surface area (Å²) < 4.78 is 5.27. The molecule has 0 saturated carbocycles. The molecule has 2 heterocycles. The highest BCUT2D eigenvalue weighted by Gasteiger charge is 2.36. The van der Waals surface area contributed by atoms with E-state index < -0.39 is 0 Å². The van der Waals surface area contributed by atoms with Gasteiger partial charge in [-0.05, 0) is 30.9 Å². The summed E-state index contributed by atoms with van der Waals surface area (Å²) in [7, 11) is 1.67. The summed E-state index contributed by atoms with van der Waals surface area (Å²) in [5.41, 5.74) is 1.98. The van der Waals surface area contributed by atoms with E-state index >= 15 is 0 Å². The molecule has 4 heteroatoms. The summed E-state index contributed by atoms with van der Waals surface area (Å²) in [4.78, 5) is 14.3. The molecule has 0 spiro atoms. The van der Waals surface area contributed by atoms with E-state index in [0.29, 0.717) is 5.92 Å². The zero-order chi connectivity index (χ0) is 12.7. The van der Waals surface area contributed by atoms with Gasteiger partial charge >= 0.3 is 0 Å². The topological polar surface area (TPSA) is 41.6 Å². The highest BCUT2D eigenvalue weighted by Crippen LogP contribution is 2.39. The number of fused-ring (bicyclic) bond motifs is 3. The molecule has 0 aliphatic carbocycles. The van der Waals surface area contributed by atoms with Gasteiger partial charge in [-0.1, -0.05) is 6.92 Å². The van der Waals surface area contributed by atoms with Gasteiger partial charge in [-0.3, -0.25) is 4.79 Å². The van der Waals surface area contributed by atoms with Crippen molar-refractivity contribution in [1.29, 1.82) is 0 Å². The largest absolute Gasteiger partial charge is 0.497 e. The molecule has 1 fully saturated rings. The SMILES string of the molecule is COc1ccc2c(c1)N1CCC(C)CC1C(=O)N2. The first-order valence-corrected chi connectivity index (χ1v) is 6.44. The first-order valence-electron chi connectivity index (χ1n) is 6.44. The Kier molecular flexibility index (Phi) is 2.65. The van der Waals surface area contributed by atoms with Crippen LogP contribution in [-0.2, 0) is 4.79 Å². The van der Waals surface area contributed by atoms with E-state index in [9.17, 15) is 4.79 Å². The van der Waals surface area contributed by atoms with Crippen molar-refractivity contribution >= 4 is 17.3 Å². The first-order chi connectivity index (χ1) is 8.69. The van der Waals surface area contributed by atoms with Gasteiger partial charge in [0.05, 0.1) is 18.5 Å². The molecule has 1 aromatic rings. The molecule has 2 aliphatic heterocycles. The molecule has 3 rings (SSSR count). The standard InChI is InChI=1S/C14H18N2O2/c1-9-5-6-16-12-8-10(18-2)3-4-11(12)15-14(17)13(16)7-9/h3-4,8-9,13H,5-7H2,1-2H3,(H,15,17). The van der Waals surface area contributed by atoms with Crippen molar-refractivity contribution in [2.45, 2.75) is 25.8 Å². The maximum Gasteiger partial charge on any atom is 0.247 e. The highest BCUT2D eigenvalue weighted by atomic mass is 16.5. The van der Waals surface area contributed by atoms with E-state index in [0.717, 1.165) is 36.5 Å². The number of hydrogen-bond donors (Lipinski definition) is 1. The number of benzene rings is 1. The molecule has 2 atom stereocenters. The predicted molar refractivity (Wildman–Crippen MR) is 71.2 cm³/mol. The number of carbonyl (C=O) groups excluding carboxylic acids is 1. The van der Waals surface area contributed by atoms with E-state index in [-0.39, 0.29) is 11.9 Å². The summed E-state index contributed by atoms with van der Waals surface area (Å²) in [5, 5.41) is 2.99. The second-order valence-electron chi connectivity index (χ2n) is 5.21. The van der Waals surface area contributed by atoms with Gasteiger partial charge in [0.25, 0.3) is 0 Å². The average Bonchev–Trinajstić information content (AvgIpc) is 2.39. The Balaban J connectivity index is 2.01. The van der Waals surface area contributed by atoms with E-state index in [1.165, 1.54) is 0 Å². The summed E-state index contributed by atoms with van der Waals surface area (Å²) in [6, 6.07) is 5.79. The summed E-state index contributed by atoms with van der Waals surface area (Å²) in [5.74, 6) is 1.57. The van der Waals surface area contributed by atoms with Crippen molar-refractivity contribution in [1.82, 2.24) is 0 Å². The molecule has 18 heavy (non-hydrogen) atoms. The first kappa shape index (κ1) is 11.4. The molecule has 1 aromatic carbocycles. The molecule has 2 aliphatic rings. The maximum atomic E-state index is 12.1. The Morgan fingerprint density at radius 1 is 1.44 bits per heavy atom. The lowest BCUT2D eigenvalue weighted by Gasteiger charge is -2.43. The van der Waals surface area contributed by atoms with Gasteiger partial charge in [-0.15, -0.1) is 0 Å². The Morgan fingerprint density at radius 2 is 2.28 bits per heavy atom. The van der Waals surface area contributed by atoms with Gasteiger partial charge < -0.3 is 15.0 Å². The zero-order valence-corrected chi connectivity index (χ0v) is 10.8. The Bertz CT molecular complexity index is 487. The summed E-state index contributed by atoms with van der Waals surface area (Å²) >= 11 is 0. The van der Waals surface area contributed by atoms with Gasteiger partial charge in [0, 0.05) is 12.6 Å². The Labute approximate surface area is 107 Å². The number of methoxy groups -OCH3 is 1. The van der Waals surface area contributed by atoms with Crippen molar-refractivity contribution in [3.8, 4) is 5.75 Å². The van der Waals surface area contributed by atoms with Crippen molar-refractivity contribution < 1.29 is 9.53 Å². The van der Waals surface area contributed by atoms with Gasteiger partial charge in [-0.25, -0.2) is 0 Å². The number of nitrogens with zero attached hydrogens (tertiary/aromatic N) is 1. The van der Waals surface area contributed by atoms with E-state index in [2.05, 4.69) is 17.1 Å². The van der Waals surface area contributed by atoms with Crippen LogP contribution in [0.15, 0.2) is 18.2 Å². The molecule has 0 aromatic heterocycles. The third-order valence-corrected chi connectivity index (χ3v) is 3.94. The number of carbonyl (C=O) groups is 1. The molecular formula is C14H18N2O2. The molecule has 1 saturated heterocycles. The number of rotatable bonds is 1. The number of anilines is 2. The fraction of sp³-hybridized carbons (Fsp3) is 0.500. The van der Waals surface area contributed by atoms with Crippen molar-refractivity contribution in [3.05, 3.63) is 18.2 Å². The average molecular weight is 246 g/mol. The number of ether oxygens (including phenoxy) is 1. The Hall–Kier alpha value is -1.71. The van der Waals surface area contributed by atoms with Gasteiger partial charge in [0.1, 0.15) is 11.8 Å². The minimum Gasteiger partial charge on any atom is -0.497 e. The number of nitrogens with one attached hydrogen (secondary N) is 1. The van der Waals surface area contributed by atoms with Crippen LogP contribution in [0.4, 0.5) is 11.4 Å². The van der Waals surface area contributed by atoms with Gasteiger partial charge in [0.15, 0.2) is 0 Å². The number of piperidine rings is 1. The third kappa shape index (κ3) is 1.72. The molecule has 0 radical (unpaired) electrons. The lowest BCUT2D eigenvalue weighted by molar-refractivity contribution is -0.118. The molecule has 4 nitrogen and oxygen atoms in total. The minimum atomic E-state index is -0.0200. The quantitative estimate of drug-likeness (QED) is 0.826. The van der Waals surface area contributed by atoms with E-state index in [4.69, 9.17) is 4.74 Å². The van der Waals surface area contributed by atoms with Crippen molar-refractivity contribution in [2.24, 2.45) is 5.92 Å². The van der Waals surface area contributed by atoms with Crippen LogP contribution in [0.2, 0.25) is 0 Å². The van der Waals surface area contributed by atoms with Crippen LogP contribution in [0.3, 0.4) is 0 Å². The second-order valence-corrected chi connectivity index (χ2v) is 5.21. The fourth-order valence-corrected chi connectivity index (χ4v) is 2.88.